The summed E-state index contributed by atoms with van der Waals surface area (Å²) in [6, 6.07) is 0. The largest absolute Gasteiger partial charge is 0.0879 e. The first-order valence-corrected chi connectivity index (χ1v) is 4.30. The number of rotatable bonds is 0. The van der Waals surface area contributed by atoms with Crippen molar-refractivity contribution < 1.29 is 0 Å². The van der Waals surface area contributed by atoms with Gasteiger partial charge in [-0.3, -0.25) is 0 Å². The van der Waals surface area contributed by atoms with Crippen LogP contribution in [0.4, 0.5) is 0 Å². The Morgan fingerprint density at radius 3 is 2.80 bits per heavy atom. The molecule has 0 saturated heterocycles. The molecule has 10 heavy (non-hydrogen) atoms. The SMILES string of the molecule is C1=C[C@@H]2[C@@H](C1)[C@@H]1C=C[C@@H]2C1. The number of hydrogen-bond acceptors (Lipinski definition) is 0. The molecule has 0 heterocycles. The van der Waals surface area contributed by atoms with Crippen LogP contribution in [0.15, 0.2) is 24.3 Å². The highest BCUT2D eigenvalue weighted by Crippen LogP contribution is 2.52. The molecule has 0 heteroatoms. The Morgan fingerprint density at radius 1 is 1.00 bits per heavy atom. The van der Waals surface area contributed by atoms with E-state index >= 15 is 0 Å². The predicted molar refractivity (Wildman–Crippen MR) is 41.5 cm³/mol. The molecule has 2 bridgehead atoms. The molecule has 0 spiro atoms. The zero-order chi connectivity index (χ0) is 6.55. The third kappa shape index (κ3) is 0.448. The van der Waals surface area contributed by atoms with Crippen molar-refractivity contribution in [3.8, 4) is 0 Å². The van der Waals surface area contributed by atoms with E-state index in [4.69, 9.17) is 0 Å². The summed E-state index contributed by atoms with van der Waals surface area (Å²) >= 11 is 0. The van der Waals surface area contributed by atoms with Gasteiger partial charge in [-0.1, -0.05) is 24.3 Å². The normalized spacial score (nSPS) is 54.4. The van der Waals surface area contributed by atoms with E-state index in [1.807, 2.05) is 0 Å². The van der Waals surface area contributed by atoms with Crippen molar-refractivity contribution in [3.05, 3.63) is 24.3 Å². The molecule has 1 fully saturated rings. The van der Waals surface area contributed by atoms with E-state index in [1.54, 1.807) is 0 Å². The Labute approximate surface area is 61.6 Å². The van der Waals surface area contributed by atoms with Crippen LogP contribution in [0.3, 0.4) is 0 Å². The summed E-state index contributed by atoms with van der Waals surface area (Å²) in [7, 11) is 0. The fraction of sp³-hybridized carbons (Fsp3) is 0.600. The van der Waals surface area contributed by atoms with Crippen LogP contribution >= 0.6 is 0 Å². The molecule has 3 rings (SSSR count). The van der Waals surface area contributed by atoms with Gasteiger partial charge in [0.2, 0.25) is 0 Å². The van der Waals surface area contributed by atoms with Crippen LogP contribution in [-0.4, -0.2) is 0 Å². The molecule has 3 aliphatic rings. The Morgan fingerprint density at radius 2 is 1.90 bits per heavy atom. The van der Waals surface area contributed by atoms with Gasteiger partial charge in [0.1, 0.15) is 0 Å². The fourth-order valence-corrected chi connectivity index (χ4v) is 2.97. The summed E-state index contributed by atoms with van der Waals surface area (Å²) in [4.78, 5) is 0. The van der Waals surface area contributed by atoms with E-state index in [0.29, 0.717) is 0 Å². The minimum absolute atomic E-state index is 0.925. The van der Waals surface area contributed by atoms with Crippen molar-refractivity contribution in [2.24, 2.45) is 23.7 Å². The topological polar surface area (TPSA) is 0 Å². The van der Waals surface area contributed by atoms with Gasteiger partial charge in [0, 0.05) is 0 Å². The Kier molecular flexibility index (Phi) is 0.803. The summed E-state index contributed by atoms with van der Waals surface area (Å²) in [5, 5.41) is 0. The molecule has 0 aromatic rings. The van der Waals surface area contributed by atoms with Crippen molar-refractivity contribution in [1.29, 1.82) is 0 Å². The second kappa shape index (κ2) is 1.55. The van der Waals surface area contributed by atoms with Crippen LogP contribution < -0.4 is 0 Å². The molecule has 0 unspecified atom stereocenters. The van der Waals surface area contributed by atoms with Crippen molar-refractivity contribution in [1.82, 2.24) is 0 Å². The van der Waals surface area contributed by atoms with E-state index < -0.39 is 0 Å². The van der Waals surface area contributed by atoms with Crippen LogP contribution in [0.1, 0.15) is 12.8 Å². The molecule has 0 amide bonds. The molecule has 0 radical (unpaired) electrons. The lowest BCUT2D eigenvalue weighted by molar-refractivity contribution is 0.398. The standard InChI is InChI=1S/C10H12/c1-2-9-7-4-5-8(6-7)10(9)3-1/h1-2,4-5,7-10H,3,6H2/t7-,8-,9+,10+/m1/s1. The van der Waals surface area contributed by atoms with Crippen molar-refractivity contribution in [2.75, 3.05) is 0 Å². The van der Waals surface area contributed by atoms with Gasteiger partial charge in [0.25, 0.3) is 0 Å². The average molecular weight is 132 g/mol. The van der Waals surface area contributed by atoms with E-state index in [1.165, 1.54) is 12.8 Å². The number of fused-ring (bicyclic) bond motifs is 5. The summed E-state index contributed by atoms with van der Waals surface area (Å²) in [5.41, 5.74) is 0. The maximum absolute atomic E-state index is 2.44. The van der Waals surface area contributed by atoms with E-state index in [2.05, 4.69) is 24.3 Å². The monoisotopic (exact) mass is 132 g/mol. The van der Waals surface area contributed by atoms with Gasteiger partial charge >= 0.3 is 0 Å². The van der Waals surface area contributed by atoms with Gasteiger partial charge in [0.15, 0.2) is 0 Å². The van der Waals surface area contributed by atoms with Crippen LogP contribution in [-0.2, 0) is 0 Å². The zero-order valence-corrected chi connectivity index (χ0v) is 6.03. The minimum atomic E-state index is 0.925. The summed E-state index contributed by atoms with van der Waals surface area (Å²) in [5.74, 6) is 3.82. The Bertz CT molecular complexity index is 212. The van der Waals surface area contributed by atoms with Crippen molar-refractivity contribution >= 4 is 0 Å². The Balaban J connectivity index is 2.04. The molecule has 0 aromatic heterocycles. The molecule has 0 aliphatic heterocycles. The molecule has 4 atom stereocenters. The van der Waals surface area contributed by atoms with Crippen molar-refractivity contribution in [3.63, 3.8) is 0 Å². The molecular formula is C10H12. The van der Waals surface area contributed by atoms with Gasteiger partial charge in [-0.05, 0) is 36.5 Å². The highest BCUT2D eigenvalue weighted by molar-refractivity contribution is 5.21. The smallest absolute Gasteiger partial charge is 0.0133 e. The average Bonchev–Trinajstić information content (AvgIpc) is 2.60. The predicted octanol–water partition coefficient (Wildman–Crippen LogP) is 2.38. The molecule has 3 aliphatic carbocycles. The van der Waals surface area contributed by atoms with Gasteiger partial charge in [-0.25, -0.2) is 0 Å². The molecule has 0 aromatic carbocycles. The molecule has 1 saturated carbocycles. The van der Waals surface area contributed by atoms with E-state index in [-0.39, 0.29) is 0 Å². The highest BCUT2D eigenvalue weighted by atomic mass is 14.5. The van der Waals surface area contributed by atoms with Gasteiger partial charge in [-0.15, -0.1) is 0 Å². The zero-order valence-electron chi connectivity index (χ0n) is 6.03. The molecular weight excluding hydrogens is 120 g/mol. The highest BCUT2D eigenvalue weighted by Gasteiger charge is 2.44. The van der Waals surface area contributed by atoms with Crippen LogP contribution in [0.5, 0.6) is 0 Å². The van der Waals surface area contributed by atoms with Crippen LogP contribution in [0.25, 0.3) is 0 Å². The first kappa shape index (κ1) is 5.17. The minimum Gasteiger partial charge on any atom is -0.0879 e. The van der Waals surface area contributed by atoms with E-state index in [0.717, 1.165) is 23.7 Å². The maximum Gasteiger partial charge on any atom is -0.0133 e. The third-order valence-electron chi connectivity index (χ3n) is 3.46. The van der Waals surface area contributed by atoms with Crippen LogP contribution in [0, 0.1) is 23.7 Å². The lowest BCUT2D eigenvalue weighted by Crippen LogP contribution is -2.12. The van der Waals surface area contributed by atoms with Gasteiger partial charge < -0.3 is 0 Å². The fourth-order valence-electron chi connectivity index (χ4n) is 2.97. The maximum atomic E-state index is 2.44. The van der Waals surface area contributed by atoms with Gasteiger partial charge in [-0.2, -0.15) is 0 Å². The lowest BCUT2D eigenvalue weighted by Gasteiger charge is -2.18. The number of allylic oxidation sites excluding steroid dienone is 4. The molecule has 0 N–H and O–H groups in total. The van der Waals surface area contributed by atoms with Crippen molar-refractivity contribution in [2.45, 2.75) is 12.8 Å². The Hall–Kier alpha value is -0.520. The second-order valence-electron chi connectivity index (χ2n) is 3.85. The van der Waals surface area contributed by atoms with Gasteiger partial charge in [0.05, 0.1) is 0 Å². The third-order valence-corrected chi connectivity index (χ3v) is 3.46. The lowest BCUT2D eigenvalue weighted by atomic mass is 9.86. The first-order valence-electron chi connectivity index (χ1n) is 4.30. The summed E-state index contributed by atoms with van der Waals surface area (Å²) in [6.45, 7) is 0. The first-order chi connectivity index (χ1) is 4.95. The summed E-state index contributed by atoms with van der Waals surface area (Å²) in [6.07, 6.45) is 12.5. The molecule has 52 valence electrons. The molecule has 0 nitrogen and oxygen atoms in total. The number of hydrogen-bond donors (Lipinski definition) is 0. The summed E-state index contributed by atoms with van der Waals surface area (Å²) < 4.78 is 0. The quantitative estimate of drug-likeness (QED) is 0.444. The van der Waals surface area contributed by atoms with Crippen LogP contribution in [0.2, 0.25) is 0 Å². The second-order valence-corrected chi connectivity index (χ2v) is 3.85. The van der Waals surface area contributed by atoms with E-state index in [9.17, 15) is 0 Å².